The molecule has 0 aromatic carbocycles. The monoisotopic (exact) mass is 413 g/mol. The molecule has 1 fully saturated rings. The van der Waals surface area contributed by atoms with Crippen molar-refractivity contribution in [2.24, 2.45) is 0 Å². The van der Waals surface area contributed by atoms with Gasteiger partial charge in [0, 0.05) is 37.7 Å². The quantitative estimate of drug-likeness (QED) is 0.543. The van der Waals surface area contributed by atoms with Crippen LogP contribution in [0, 0.1) is 0 Å². The molecule has 4 heterocycles. The minimum absolute atomic E-state index is 0.230. The summed E-state index contributed by atoms with van der Waals surface area (Å²) in [6.45, 7) is 1.08. The number of anilines is 1. The van der Waals surface area contributed by atoms with Gasteiger partial charge in [0.15, 0.2) is 5.82 Å². The topological polar surface area (TPSA) is 142 Å². The Hall–Kier alpha value is -3.68. The van der Waals surface area contributed by atoms with Crippen molar-refractivity contribution in [2.45, 2.75) is 12.3 Å². The number of carboxylic acid groups (broad SMARTS) is 1. The molecule has 1 aliphatic rings. The molecular weight excluding hydrogens is 399 g/mol. The summed E-state index contributed by atoms with van der Waals surface area (Å²) in [5.74, 6) is -1.63. The van der Waals surface area contributed by atoms with Crippen molar-refractivity contribution in [2.75, 3.05) is 18.0 Å². The van der Waals surface area contributed by atoms with Gasteiger partial charge in [0.05, 0.1) is 12.4 Å². The number of β-amino-alcohol motifs (C(OH)–C–C–N with tert-alkyl or cyclic N) is 1. The van der Waals surface area contributed by atoms with Gasteiger partial charge in [-0.05, 0) is 0 Å². The van der Waals surface area contributed by atoms with Crippen LogP contribution in [-0.2, 0) is 4.79 Å². The van der Waals surface area contributed by atoms with Crippen LogP contribution in [0.2, 0.25) is 0 Å². The van der Waals surface area contributed by atoms with Crippen molar-refractivity contribution in [3.8, 4) is 11.5 Å². The minimum Gasteiger partial charge on any atom is -0.475 e. The van der Waals surface area contributed by atoms with Crippen LogP contribution in [0.15, 0.2) is 42.1 Å². The second kappa shape index (κ2) is 7.75. The van der Waals surface area contributed by atoms with E-state index in [-0.39, 0.29) is 11.7 Å². The van der Waals surface area contributed by atoms with E-state index in [1.54, 1.807) is 35.6 Å². The number of hydrogen-bond donors (Lipinski definition) is 3. The molecule has 0 bridgehead atoms. The number of hydrogen-bond acceptors (Lipinski definition) is 7. The van der Waals surface area contributed by atoms with Gasteiger partial charge in [-0.1, -0.05) is 0 Å². The number of nitrogens with zero attached hydrogens (tertiary/aromatic N) is 6. The van der Waals surface area contributed by atoms with Crippen molar-refractivity contribution < 1.29 is 28.2 Å². The zero-order valence-corrected chi connectivity index (χ0v) is 14.5. The maximum Gasteiger partial charge on any atom is 0.490 e. The summed E-state index contributed by atoms with van der Waals surface area (Å²) in [6, 6.07) is 1.71. The van der Waals surface area contributed by atoms with Crippen LogP contribution in [0.25, 0.3) is 11.5 Å². The molecule has 0 aliphatic carbocycles. The Labute approximate surface area is 159 Å². The van der Waals surface area contributed by atoms with Gasteiger partial charge in [-0.25, -0.2) is 19.7 Å². The average Bonchev–Trinajstić information content (AvgIpc) is 3.28. The van der Waals surface area contributed by atoms with E-state index in [1.165, 1.54) is 11.0 Å². The Morgan fingerprint density at radius 1 is 1.24 bits per heavy atom. The lowest BCUT2D eigenvalue weighted by Crippen LogP contribution is -2.51. The first-order valence-electron chi connectivity index (χ1n) is 8.01. The number of alkyl halides is 3. The van der Waals surface area contributed by atoms with Crippen molar-refractivity contribution in [1.82, 2.24) is 29.3 Å². The van der Waals surface area contributed by atoms with Crippen molar-refractivity contribution >= 4 is 11.8 Å². The minimum atomic E-state index is -5.08. The molecule has 11 nitrogen and oxygen atoms in total. The lowest BCUT2D eigenvalue weighted by Gasteiger charge is -2.36. The summed E-state index contributed by atoms with van der Waals surface area (Å²) in [6.07, 6.45) is 2.45. The molecule has 0 unspecified atom stereocenters. The number of nitrogens with one attached hydrogen (secondary N) is 1. The van der Waals surface area contributed by atoms with E-state index < -0.39 is 12.1 Å². The summed E-state index contributed by atoms with van der Waals surface area (Å²) < 4.78 is 34.7. The fraction of sp³-hybridized carbons (Fsp3) is 0.267. The zero-order valence-electron chi connectivity index (χ0n) is 14.5. The molecule has 3 N–H and O–H groups in total. The molecule has 154 valence electrons. The van der Waals surface area contributed by atoms with Gasteiger partial charge in [0.2, 0.25) is 0 Å². The number of carbonyl (C=O) groups is 1. The molecule has 3 aromatic heterocycles. The molecular formula is C15H14F3N7O4. The Balaban J connectivity index is 0.000000298. The first kappa shape index (κ1) is 20.1. The van der Waals surface area contributed by atoms with Crippen LogP contribution in [-0.4, -0.2) is 70.9 Å². The number of aliphatic hydroxyl groups excluding tert-OH is 1. The van der Waals surface area contributed by atoms with Crippen molar-refractivity contribution in [1.29, 1.82) is 0 Å². The largest absolute Gasteiger partial charge is 0.490 e. The highest BCUT2D eigenvalue weighted by molar-refractivity contribution is 5.73. The average molecular weight is 413 g/mol. The van der Waals surface area contributed by atoms with Crippen LogP contribution in [0.1, 0.15) is 0 Å². The summed E-state index contributed by atoms with van der Waals surface area (Å²) in [5, 5.41) is 19.4. The van der Waals surface area contributed by atoms with E-state index in [1.807, 2.05) is 4.90 Å². The van der Waals surface area contributed by atoms with E-state index >= 15 is 0 Å². The molecule has 0 spiro atoms. The highest BCUT2D eigenvalue weighted by Crippen LogP contribution is 2.19. The lowest BCUT2D eigenvalue weighted by atomic mass is 10.2. The molecule has 3 aromatic rings. The molecule has 14 heteroatoms. The number of aromatic amines is 1. The Morgan fingerprint density at radius 2 is 1.90 bits per heavy atom. The van der Waals surface area contributed by atoms with Gasteiger partial charge in [-0.3, -0.25) is 14.5 Å². The fourth-order valence-corrected chi connectivity index (χ4v) is 2.39. The van der Waals surface area contributed by atoms with E-state index in [2.05, 4.69) is 20.1 Å². The summed E-state index contributed by atoms with van der Waals surface area (Å²) in [5.41, 5.74) is 0.225. The van der Waals surface area contributed by atoms with E-state index in [9.17, 15) is 23.1 Å². The standard InChI is InChI=1S/C13H13N7O2.C2HF3O2/c21-9-5-19(6-9)11-3-12(16-7-15-11)20-13(22)10(4-17-20)18-2-1-14-8-18;3-2(4,5)1(6)7/h1-4,7-9,17,21H,5-6H2;(H,6,7). The number of carboxylic acids is 1. The number of aliphatic carboxylic acids is 1. The normalized spacial score (nSPS) is 14.1. The molecule has 29 heavy (non-hydrogen) atoms. The third-order valence-corrected chi connectivity index (χ3v) is 3.83. The fourth-order valence-electron chi connectivity index (χ4n) is 2.39. The maximum atomic E-state index is 12.5. The molecule has 1 aliphatic heterocycles. The highest BCUT2D eigenvalue weighted by Gasteiger charge is 2.38. The summed E-state index contributed by atoms with van der Waals surface area (Å²) >= 11 is 0. The van der Waals surface area contributed by atoms with E-state index in [0.717, 1.165) is 0 Å². The van der Waals surface area contributed by atoms with Gasteiger partial charge in [0.25, 0.3) is 5.56 Å². The van der Waals surface area contributed by atoms with Crippen LogP contribution in [0.3, 0.4) is 0 Å². The predicted molar refractivity (Wildman–Crippen MR) is 91.0 cm³/mol. The SMILES string of the molecule is O=C(O)C(F)(F)F.O=c1c(-n2ccnc2)c[nH]n1-c1cc(N2CC(O)C2)ncn1. The van der Waals surface area contributed by atoms with Crippen LogP contribution >= 0.6 is 0 Å². The van der Waals surface area contributed by atoms with E-state index in [0.29, 0.717) is 30.4 Å². The molecule has 0 atom stereocenters. The number of halogens is 3. The molecule has 0 saturated carbocycles. The molecule has 4 rings (SSSR count). The maximum absolute atomic E-state index is 12.5. The Kier molecular flexibility index (Phi) is 5.36. The summed E-state index contributed by atoms with van der Waals surface area (Å²) in [4.78, 5) is 35.5. The molecule has 1 saturated heterocycles. The first-order valence-corrected chi connectivity index (χ1v) is 8.01. The van der Waals surface area contributed by atoms with Crippen molar-refractivity contribution in [3.63, 3.8) is 0 Å². The smallest absolute Gasteiger partial charge is 0.475 e. The molecule has 0 radical (unpaired) electrons. The van der Waals surface area contributed by atoms with Crippen LogP contribution in [0.5, 0.6) is 0 Å². The number of rotatable bonds is 3. The number of imidazole rings is 1. The third kappa shape index (κ3) is 4.43. The van der Waals surface area contributed by atoms with Crippen LogP contribution < -0.4 is 10.5 Å². The first-order chi connectivity index (χ1) is 13.7. The van der Waals surface area contributed by atoms with Crippen LogP contribution in [0.4, 0.5) is 19.0 Å². The predicted octanol–water partition coefficient (Wildman–Crippen LogP) is -0.0445. The second-order valence-corrected chi connectivity index (χ2v) is 5.87. The number of H-pyrrole nitrogens is 1. The van der Waals surface area contributed by atoms with Crippen molar-refractivity contribution in [3.05, 3.63) is 47.7 Å². The summed E-state index contributed by atoms with van der Waals surface area (Å²) in [7, 11) is 0. The zero-order chi connectivity index (χ0) is 21.2. The van der Waals surface area contributed by atoms with Gasteiger partial charge >= 0.3 is 12.1 Å². The molecule has 0 amide bonds. The van der Waals surface area contributed by atoms with Gasteiger partial charge < -0.3 is 15.1 Å². The van der Waals surface area contributed by atoms with Gasteiger partial charge in [-0.2, -0.15) is 17.9 Å². The van der Waals surface area contributed by atoms with Gasteiger partial charge in [-0.15, -0.1) is 0 Å². The van der Waals surface area contributed by atoms with Gasteiger partial charge in [0.1, 0.15) is 17.8 Å². The number of aliphatic hydroxyl groups is 1. The number of aromatic nitrogens is 6. The highest BCUT2D eigenvalue weighted by atomic mass is 19.4. The third-order valence-electron chi connectivity index (χ3n) is 3.83. The Morgan fingerprint density at radius 3 is 2.45 bits per heavy atom. The lowest BCUT2D eigenvalue weighted by molar-refractivity contribution is -0.192. The van der Waals surface area contributed by atoms with E-state index in [4.69, 9.17) is 9.90 Å². The Bertz CT molecular complexity index is 1040. The second-order valence-electron chi connectivity index (χ2n) is 5.87.